The topological polar surface area (TPSA) is 32.3 Å². The molecule has 1 heterocycles. The maximum absolute atomic E-state index is 12.7. The van der Waals surface area contributed by atoms with Gasteiger partial charge in [0, 0.05) is 23.8 Å². The number of hydrogen-bond acceptors (Lipinski definition) is 2. The molecule has 1 saturated heterocycles. The van der Waals surface area contributed by atoms with Crippen LogP contribution < -0.4 is 5.32 Å². The summed E-state index contributed by atoms with van der Waals surface area (Å²) in [5.41, 5.74) is -0.458. The van der Waals surface area contributed by atoms with Crippen LogP contribution in [0.2, 0.25) is 0 Å². The fourth-order valence-corrected chi connectivity index (χ4v) is 2.46. The molecule has 0 spiro atoms. The maximum atomic E-state index is 12.7. The van der Waals surface area contributed by atoms with E-state index >= 15 is 0 Å². The number of hydrogen-bond donors (Lipinski definition) is 1. The lowest BCUT2D eigenvalue weighted by molar-refractivity contribution is -0.138. The lowest BCUT2D eigenvalue weighted by atomic mass is 10.1. The van der Waals surface area contributed by atoms with E-state index in [1.807, 2.05) is 0 Å². The average Bonchev–Trinajstić information content (AvgIpc) is 2.62. The van der Waals surface area contributed by atoms with Crippen LogP contribution in [0.5, 0.6) is 0 Å². The molecular formula is C12H12BrF3N2O. The summed E-state index contributed by atoms with van der Waals surface area (Å²) in [6.45, 7) is 0.610. The van der Waals surface area contributed by atoms with Gasteiger partial charge in [0.15, 0.2) is 0 Å². The number of alkyl halides is 3. The Labute approximate surface area is 116 Å². The maximum Gasteiger partial charge on any atom is 0.417 e. The monoisotopic (exact) mass is 336 g/mol. The number of carbonyl (C=O) groups is 1. The summed E-state index contributed by atoms with van der Waals surface area (Å²) in [5, 5.41) is 2.85. The van der Waals surface area contributed by atoms with Crippen LogP contribution in [0, 0.1) is 0 Å². The van der Waals surface area contributed by atoms with Crippen LogP contribution in [0.3, 0.4) is 0 Å². The molecule has 1 aliphatic heterocycles. The number of anilines is 1. The number of likely N-dealkylation sites (N-methyl/N-ethyl adjacent to an activating group) is 1. The predicted molar refractivity (Wildman–Crippen MR) is 68.8 cm³/mol. The van der Waals surface area contributed by atoms with E-state index in [9.17, 15) is 18.0 Å². The van der Waals surface area contributed by atoms with Gasteiger partial charge in [0.05, 0.1) is 5.56 Å². The van der Waals surface area contributed by atoms with E-state index < -0.39 is 17.8 Å². The minimum Gasteiger partial charge on any atom is -0.374 e. The molecular weight excluding hydrogens is 325 g/mol. The molecule has 1 N–H and O–H groups in total. The molecule has 0 bridgehead atoms. The summed E-state index contributed by atoms with van der Waals surface area (Å²) >= 11 is 2.88. The molecule has 1 unspecified atom stereocenters. The third kappa shape index (κ3) is 3.02. The van der Waals surface area contributed by atoms with E-state index in [-0.39, 0.29) is 10.4 Å². The molecule has 1 aromatic carbocycles. The molecule has 2 rings (SSSR count). The Balaban J connectivity index is 2.21. The molecule has 104 valence electrons. The fourth-order valence-electron chi connectivity index (χ4n) is 1.99. The number of carbonyl (C=O) groups excluding carboxylic acids is 1. The Bertz CT molecular complexity index is 504. The van der Waals surface area contributed by atoms with Crippen LogP contribution in [0.1, 0.15) is 12.0 Å². The second-order valence-electron chi connectivity index (χ2n) is 4.44. The highest BCUT2D eigenvalue weighted by Gasteiger charge is 2.34. The van der Waals surface area contributed by atoms with Crippen molar-refractivity contribution in [2.75, 3.05) is 18.9 Å². The number of nitrogens with zero attached hydrogens (tertiary/aromatic N) is 1. The van der Waals surface area contributed by atoms with E-state index in [1.54, 1.807) is 11.9 Å². The van der Waals surface area contributed by atoms with Crippen molar-refractivity contribution in [3.8, 4) is 0 Å². The van der Waals surface area contributed by atoms with Crippen molar-refractivity contribution in [2.45, 2.75) is 18.6 Å². The largest absolute Gasteiger partial charge is 0.417 e. The highest BCUT2D eigenvalue weighted by atomic mass is 79.9. The van der Waals surface area contributed by atoms with Crippen molar-refractivity contribution in [3.63, 3.8) is 0 Å². The molecule has 3 nitrogen and oxygen atoms in total. The van der Waals surface area contributed by atoms with Gasteiger partial charge < -0.3 is 10.2 Å². The summed E-state index contributed by atoms with van der Waals surface area (Å²) in [5.74, 6) is -0.100. The number of amides is 1. The Kier molecular flexibility index (Phi) is 3.75. The van der Waals surface area contributed by atoms with E-state index in [2.05, 4.69) is 21.2 Å². The summed E-state index contributed by atoms with van der Waals surface area (Å²) in [7, 11) is 1.67. The first-order valence-electron chi connectivity index (χ1n) is 5.67. The molecule has 0 radical (unpaired) electrons. The molecule has 1 aromatic rings. The third-order valence-electron chi connectivity index (χ3n) is 3.04. The second kappa shape index (κ2) is 5.03. The highest BCUT2D eigenvalue weighted by molar-refractivity contribution is 9.10. The Morgan fingerprint density at radius 3 is 2.63 bits per heavy atom. The average molecular weight is 337 g/mol. The smallest absolute Gasteiger partial charge is 0.374 e. The summed E-state index contributed by atoms with van der Waals surface area (Å²) in [6.07, 6.45) is -3.83. The second-order valence-corrected chi connectivity index (χ2v) is 5.29. The zero-order chi connectivity index (χ0) is 14.2. The van der Waals surface area contributed by atoms with Gasteiger partial charge >= 0.3 is 6.18 Å². The van der Waals surface area contributed by atoms with Gasteiger partial charge in [-0.1, -0.05) is 15.9 Å². The van der Waals surface area contributed by atoms with Gasteiger partial charge in [0.1, 0.15) is 6.04 Å². The Morgan fingerprint density at radius 2 is 2.11 bits per heavy atom. The lowest BCUT2D eigenvalue weighted by Gasteiger charge is -2.16. The van der Waals surface area contributed by atoms with Gasteiger partial charge in [0.2, 0.25) is 5.91 Å². The Morgan fingerprint density at radius 1 is 1.42 bits per heavy atom. The van der Waals surface area contributed by atoms with Gasteiger partial charge in [-0.15, -0.1) is 0 Å². The first-order valence-corrected chi connectivity index (χ1v) is 6.46. The van der Waals surface area contributed by atoms with Gasteiger partial charge in [-0.25, -0.2) is 0 Å². The molecule has 0 saturated carbocycles. The first kappa shape index (κ1) is 14.2. The molecule has 1 amide bonds. The summed E-state index contributed by atoms with van der Waals surface area (Å²) in [4.78, 5) is 13.2. The van der Waals surface area contributed by atoms with Crippen molar-refractivity contribution in [2.24, 2.45) is 0 Å². The summed E-state index contributed by atoms with van der Waals surface area (Å²) < 4.78 is 38.2. The fraction of sp³-hybridized carbons (Fsp3) is 0.417. The highest BCUT2D eigenvalue weighted by Crippen LogP contribution is 2.36. The number of likely N-dealkylation sites (tertiary alicyclic amines) is 1. The van der Waals surface area contributed by atoms with Crippen molar-refractivity contribution in [1.29, 1.82) is 0 Å². The van der Waals surface area contributed by atoms with E-state index in [0.717, 1.165) is 6.07 Å². The zero-order valence-electron chi connectivity index (χ0n) is 10.1. The van der Waals surface area contributed by atoms with Crippen LogP contribution in [-0.2, 0) is 11.0 Å². The molecule has 0 aliphatic carbocycles. The van der Waals surface area contributed by atoms with Gasteiger partial charge in [-0.05, 0) is 24.6 Å². The number of halogens is 4. The number of nitrogens with one attached hydrogen (secondary N) is 1. The van der Waals surface area contributed by atoms with Gasteiger partial charge in [-0.3, -0.25) is 4.79 Å². The molecule has 7 heteroatoms. The molecule has 1 aliphatic rings. The molecule has 19 heavy (non-hydrogen) atoms. The van der Waals surface area contributed by atoms with Crippen LogP contribution >= 0.6 is 15.9 Å². The molecule has 1 fully saturated rings. The minimum absolute atomic E-state index is 0.0135. The third-order valence-corrected chi connectivity index (χ3v) is 3.73. The van der Waals surface area contributed by atoms with Crippen LogP contribution in [0.4, 0.5) is 18.9 Å². The van der Waals surface area contributed by atoms with Crippen LogP contribution in [0.25, 0.3) is 0 Å². The minimum atomic E-state index is -4.42. The normalized spacial score (nSPS) is 19.9. The lowest BCUT2D eigenvalue weighted by Crippen LogP contribution is -2.31. The van der Waals surface area contributed by atoms with E-state index in [1.165, 1.54) is 12.1 Å². The van der Waals surface area contributed by atoms with E-state index in [4.69, 9.17) is 0 Å². The molecule has 1 atom stereocenters. The first-order chi connectivity index (χ1) is 8.79. The summed E-state index contributed by atoms with van der Waals surface area (Å²) in [6, 6.07) is 3.40. The van der Waals surface area contributed by atoms with Crippen LogP contribution in [-0.4, -0.2) is 30.4 Å². The zero-order valence-corrected chi connectivity index (χ0v) is 11.7. The molecule has 0 aromatic heterocycles. The predicted octanol–water partition coefficient (Wildman–Crippen LogP) is 3.11. The Hall–Kier alpha value is -1.24. The SMILES string of the molecule is CN1CCC(Nc2ccc(Br)c(C(F)(F)F)c2)C1=O. The van der Waals surface area contributed by atoms with Crippen molar-refractivity contribution in [3.05, 3.63) is 28.2 Å². The van der Waals surface area contributed by atoms with Gasteiger partial charge in [-0.2, -0.15) is 13.2 Å². The van der Waals surface area contributed by atoms with Crippen molar-refractivity contribution >= 4 is 27.5 Å². The number of rotatable bonds is 2. The number of benzene rings is 1. The van der Waals surface area contributed by atoms with Crippen LogP contribution in [0.15, 0.2) is 22.7 Å². The quantitative estimate of drug-likeness (QED) is 0.899. The van der Waals surface area contributed by atoms with Crippen molar-refractivity contribution in [1.82, 2.24) is 4.90 Å². The van der Waals surface area contributed by atoms with Crippen molar-refractivity contribution < 1.29 is 18.0 Å². The standard InChI is InChI=1S/C12H12BrF3N2O/c1-18-5-4-10(11(18)19)17-7-2-3-9(13)8(6-7)12(14,15)16/h2-3,6,10,17H,4-5H2,1H3. The van der Waals surface area contributed by atoms with E-state index in [0.29, 0.717) is 18.7 Å². The van der Waals surface area contributed by atoms with Gasteiger partial charge in [0.25, 0.3) is 0 Å².